The summed E-state index contributed by atoms with van der Waals surface area (Å²) in [5, 5.41) is 9.81. The zero-order valence-corrected chi connectivity index (χ0v) is 10.1. The van der Waals surface area contributed by atoms with Crippen LogP contribution in [0.1, 0.15) is 12.0 Å². The molecule has 0 fully saturated rings. The van der Waals surface area contributed by atoms with Gasteiger partial charge in [0.15, 0.2) is 5.60 Å². The molecule has 1 atom stereocenters. The van der Waals surface area contributed by atoms with Crippen LogP contribution >= 0.6 is 23.2 Å². The molecule has 1 aromatic carbocycles. The predicted octanol–water partition coefficient (Wildman–Crippen LogP) is 4.32. The van der Waals surface area contributed by atoms with E-state index in [1.807, 2.05) is 0 Å². The van der Waals surface area contributed by atoms with Gasteiger partial charge in [0.05, 0.1) is 10.0 Å². The lowest BCUT2D eigenvalue weighted by atomic mass is 9.90. The van der Waals surface area contributed by atoms with Crippen LogP contribution in [0.3, 0.4) is 0 Å². The molecule has 0 saturated carbocycles. The number of rotatable bonds is 3. The fourth-order valence-corrected chi connectivity index (χ4v) is 1.66. The van der Waals surface area contributed by atoms with Gasteiger partial charge in [0.1, 0.15) is 0 Å². The van der Waals surface area contributed by atoms with Crippen molar-refractivity contribution in [3.8, 4) is 0 Å². The average molecular weight is 285 g/mol. The molecule has 0 aliphatic carbocycles. The minimum absolute atomic E-state index is 0.0455. The lowest BCUT2D eigenvalue weighted by Gasteiger charge is -2.30. The predicted molar refractivity (Wildman–Crippen MR) is 61.2 cm³/mol. The van der Waals surface area contributed by atoms with Gasteiger partial charge in [-0.2, -0.15) is 13.2 Å². The Morgan fingerprint density at radius 2 is 1.82 bits per heavy atom. The summed E-state index contributed by atoms with van der Waals surface area (Å²) >= 11 is 11.2. The molecule has 1 N–H and O–H groups in total. The van der Waals surface area contributed by atoms with Gasteiger partial charge in [0.2, 0.25) is 0 Å². The van der Waals surface area contributed by atoms with E-state index in [9.17, 15) is 18.3 Å². The van der Waals surface area contributed by atoms with Crippen LogP contribution in [0.5, 0.6) is 0 Å². The molecule has 0 amide bonds. The summed E-state index contributed by atoms with van der Waals surface area (Å²) in [6.45, 7) is 3.21. The maximum absolute atomic E-state index is 12.8. The van der Waals surface area contributed by atoms with Crippen LogP contribution in [-0.4, -0.2) is 11.3 Å². The van der Waals surface area contributed by atoms with Crippen molar-refractivity contribution in [1.82, 2.24) is 0 Å². The summed E-state index contributed by atoms with van der Waals surface area (Å²) in [5.41, 5.74) is -3.36. The Bertz CT molecular complexity index is 431. The Balaban J connectivity index is 3.32. The summed E-state index contributed by atoms with van der Waals surface area (Å²) in [4.78, 5) is 0. The zero-order chi connectivity index (χ0) is 13.3. The number of alkyl halides is 3. The minimum Gasteiger partial charge on any atom is -0.376 e. The van der Waals surface area contributed by atoms with Crippen LogP contribution in [0.25, 0.3) is 0 Å². The van der Waals surface area contributed by atoms with Crippen LogP contribution in [0, 0.1) is 0 Å². The van der Waals surface area contributed by atoms with Crippen LogP contribution < -0.4 is 0 Å². The van der Waals surface area contributed by atoms with E-state index in [1.54, 1.807) is 0 Å². The molecule has 0 aliphatic rings. The summed E-state index contributed by atoms with van der Waals surface area (Å²) in [7, 11) is 0. The topological polar surface area (TPSA) is 20.2 Å². The second-order valence-electron chi connectivity index (χ2n) is 3.48. The zero-order valence-electron chi connectivity index (χ0n) is 8.56. The van der Waals surface area contributed by atoms with Crippen molar-refractivity contribution in [2.45, 2.75) is 18.2 Å². The van der Waals surface area contributed by atoms with Crippen LogP contribution in [-0.2, 0) is 5.60 Å². The summed E-state index contributed by atoms with van der Waals surface area (Å²) in [5.74, 6) is 0. The molecule has 0 saturated heterocycles. The number of hydrogen-bond acceptors (Lipinski definition) is 1. The minimum atomic E-state index is -4.82. The first-order valence-electron chi connectivity index (χ1n) is 4.58. The largest absolute Gasteiger partial charge is 0.421 e. The van der Waals surface area contributed by atoms with Crippen molar-refractivity contribution in [2.24, 2.45) is 0 Å². The van der Waals surface area contributed by atoms with Gasteiger partial charge in [-0.25, -0.2) is 0 Å². The SMILES string of the molecule is C=CCC(O)(c1ccc(Cl)c(Cl)c1)C(F)(F)F. The van der Waals surface area contributed by atoms with E-state index in [1.165, 1.54) is 6.07 Å². The Morgan fingerprint density at radius 3 is 2.24 bits per heavy atom. The molecule has 6 heteroatoms. The first kappa shape index (κ1) is 14.4. The fraction of sp³-hybridized carbons (Fsp3) is 0.273. The van der Waals surface area contributed by atoms with Crippen molar-refractivity contribution in [3.05, 3.63) is 46.5 Å². The maximum Gasteiger partial charge on any atom is 0.421 e. The van der Waals surface area contributed by atoms with Gasteiger partial charge < -0.3 is 5.11 Å². The van der Waals surface area contributed by atoms with Crippen molar-refractivity contribution in [3.63, 3.8) is 0 Å². The standard InChI is InChI=1S/C11H9Cl2F3O/c1-2-5-10(17,11(14,15)16)7-3-4-8(12)9(13)6-7/h2-4,6,17H,1,5H2. The van der Waals surface area contributed by atoms with Gasteiger partial charge in [0.25, 0.3) is 0 Å². The highest BCUT2D eigenvalue weighted by Gasteiger charge is 2.54. The molecule has 1 nitrogen and oxygen atoms in total. The highest BCUT2D eigenvalue weighted by Crippen LogP contribution is 2.43. The Morgan fingerprint density at radius 1 is 1.24 bits per heavy atom. The Kier molecular flexibility index (Phi) is 4.12. The molecule has 0 bridgehead atoms. The van der Waals surface area contributed by atoms with Gasteiger partial charge in [-0.3, -0.25) is 0 Å². The van der Waals surface area contributed by atoms with Gasteiger partial charge in [-0.15, -0.1) is 6.58 Å². The van der Waals surface area contributed by atoms with Crippen molar-refractivity contribution in [1.29, 1.82) is 0 Å². The summed E-state index contributed by atoms with van der Waals surface area (Å²) in [6.07, 6.45) is -4.48. The van der Waals surface area contributed by atoms with Gasteiger partial charge in [0, 0.05) is 6.42 Å². The number of halogens is 5. The van der Waals surface area contributed by atoms with Crippen LogP contribution in [0.4, 0.5) is 13.2 Å². The van der Waals surface area contributed by atoms with E-state index in [0.717, 1.165) is 18.2 Å². The molecular formula is C11H9Cl2F3O. The van der Waals surface area contributed by atoms with E-state index >= 15 is 0 Å². The lowest BCUT2D eigenvalue weighted by molar-refractivity contribution is -0.265. The molecule has 17 heavy (non-hydrogen) atoms. The molecule has 1 rings (SSSR count). The fourth-order valence-electron chi connectivity index (χ4n) is 1.36. The lowest BCUT2D eigenvalue weighted by Crippen LogP contribution is -2.41. The van der Waals surface area contributed by atoms with Crippen LogP contribution in [0.15, 0.2) is 30.9 Å². The molecule has 0 aromatic heterocycles. The van der Waals surface area contributed by atoms with Gasteiger partial charge >= 0.3 is 6.18 Å². The molecule has 94 valence electrons. The van der Waals surface area contributed by atoms with E-state index in [-0.39, 0.29) is 15.6 Å². The first-order valence-corrected chi connectivity index (χ1v) is 5.33. The van der Waals surface area contributed by atoms with Crippen LogP contribution in [0.2, 0.25) is 10.0 Å². The van der Waals surface area contributed by atoms with Gasteiger partial charge in [-0.1, -0.05) is 35.3 Å². The van der Waals surface area contributed by atoms with E-state index in [4.69, 9.17) is 23.2 Å². The summed E-state index contributed by atoms with van der Waals surface area (Å²) in [6, 6.07) is 3.30. The number of benzene rings is 1. The number of aliphatic hydroxyl groups is 1. The third-order valence-electron chi connectivity index (χ3n) is 2.31. The Labute approximate surface area is 106 Å². The molecule has 1 aromatic rings. The van der Waals surface area contributed by atoms with Crippen molar-refractivity contribution in [2.75, 3.05) is 0 Å². The van der Waals surface area contributed by atoms with E-state index < -0.39 is 18.2 Å². The van der Waals surface area contributed by atoms with Gasteiger partial charge in [-0.05, 0) is 17.7 Å². The highest BCUT2D eigenvalue weighted by molar-refractivity contribution is 6.42. The second-order valence-corrected chi connectivity index (χ2v) is 4.29. The smallest absolute Gasteiger partial charge is 0.376 e. The molecule has 0 spiro atoms. The first-order chi connectivity index (χ1) is 7.72. The molecule has 1 unspecified atom stereocenters. The van der Waals surface area contributed by atoms with E-state index in [2.05, 4.69) is 6.58 Å². The normalized spacial score (nSPS) is 15.4. The second kappa shape index (κ2) is 4.88. The monoisotopic (exact) mass is 284 g/mol. The number of hydrogen-bond donors (Lipinski definition) is 1. The Hall–Kier alpha value is -0.710. The quantitative estimate of drug-likeness (QED) is 0.820. The van der Waals surface area contributed by atoms with E-state index in [0.29, 0.717) is 0 Å². The molecular weight excluding hydrogens is 276 g/mol. The van der Waals surface area contributed by atoms with Crippen molar-refractivity contribution >= 4 is 23.2 Å². The highest BCUT2D eigenvalue weighted by atomic mass is 35.5. The molecule has 0 aliphatic heterocycles. The van der Waals surface area contributed by atoms with Crippen molar-refractivity contribution < 1.29 is 18.3 Å². The molecule has 0 radical (unpaired) electrons. The summed E-state index contributed by atoms with van der Waals surface area (Å²) < 4.78 is 38.5. The maximum atomic E-state index is 12.8. The third-order valence-corrected chi connectivity index (χ3v) is 3.04. The molecule has 0 heterocycles. The third kappa shape index (κ3) is 2.76. The average Bonchev–Trinajstić information content (AvgIpc) is 2.20.